The van der Waals surface area contributed by atoms with Crippen LogP contribution in [0.15, 0.2) is 12.1 Å². The topological polar surface area (TPSA) is 77.2 Å². The lowest BCUT2D eigenvalue weighted by Gasteiger charge is -2.07. The number of nitrogens with one attached hydrogen (secondary N) is 1. The summed E-state index contributed by atoms with van der Waals surface area (Å²) in [4.78, 5) is 15.7. The summed E-state index contributed by atoms with van der Waals surface area (Å²) in [5.74, 6) is 0.742. The second-order valence-corrected chi connectivity index (χ2v) is 5.10. The number of hydrogen-bond donors (Lipinski definition) is 2. The van der Waals surface area contributed by atoms with E-state index >= 15 is 0 Å². The van der Waals surface area contributed by atoms with Crippen molar-refractivity contribution in [1.82, 2.24) is 10.3 Å². The third kappa shape index (κ3) is 4.69. The second kappa shape index (κ2) is 6.73. The molecule has 1 aromatic rings. The Morgan fingerprint density at radius 1 is 1.53 bits per heavy atom. The molecule has 1 heterocycles. The van der Waals surface area contributed by atoms with Crippen molar-refractivity contribution < 1.29 is 9.53 Å². The average molecular weight is 284 g/mol. The number of carbonyl (C=O) groups is 1. The molecule has 0 atom stereocenters. The van der Waals surface area contributed by atoms with Gasteiger partial charge in [0.25, 0.3) is 5.91 Å². The van der Waals surface area contributed by atoms with E-state index in [0.717, 1.165) is 18.9 Å². The molecule has 2 rings (SSSR count). The summed E-state index contributed by atoms with van der Waals surface area (Å²) in [6.07, 6.45) is 3.35. The third-order valence-corrected chi connectivity index (χ3v) is 3.19. The van der Waals surface area contributed by atoms with E-state index in [1.54, 1.807) is 12.1 Å². The SMILES string of the molecule is Nc1ccc(Cl)c(C(=O)NCCCOCC2CC2)n1. The van der Waals surface area contributed by atoms with Crippen LogP contribution in [0.5, 0.6) is 0 Å². The van der Waals surface area contributed by atoms with E-state index in [0.29, 0.717) is 18.2 Å². The Balaban J connectivity index is 1.66. The minimum Gasteiger partial charge on any atom is -0.384 e. The van der Waals surface area contributed by atoms with E-state index in [2.05, 4.69) is 10.3 Å². The molecular formula is C13H18ClN3O2. The number of nitrogen functional groups attached to an aromatic ring is 1. The van der Waals surface area contributed by atoms with Crippen molar-refractivity contribution in [3.05, 3.63) is 22.8 Å². The summed E-state index contributed by atoms with van der Waals surface area (Å²) in [5.41, 5.74) is 5.69. The van der Waals surface area contributed by atoms with Crippen LogP contribution in [0.4, 0.5) is 5.82 Å². The Hall–Kier alpha value is -1.33. The quantitative estimate of drug-likeness (QED) is 0.749. The standard InChI is InChI=1S/C13H18ClN3O2/c14-10-4-5-11(15)17-12(10)13(18)16-6-1-7-19-8-9-2-3-9/h4-5,9H,1-3,6-8H2,(H2,15,17)(H,16,18). The van der Waals surface area contributed by atoms with Crippen molar-refractivity contribution in [2.24, 2.45) is 5.92 Å². The van der Waals surface area contributed by atoms with Gasteiger partial charge in [0, 0.05) is 19.8 Å². The number of halogens is 1. The van der Waals surface area contributed by atoms with Gasteiger partial charge in [-0.1, -0.05) is 11.6 Å². The van der Waals surface area contributed by atoms with Gasteiger partial charge in [0.15, 0.2) is 0 Å². The first kappa shape index (κ1) is 14.1. The minimum atomic E-state index is -0.306. The second-order valence-electron chi connectivity index (χ2n) is 4.69. The summed E-state index contributed by atoms with van der Waals surface area (Å²) in [6, 6.07) is 3.13. The maximum Gasteiger partial charge on any atom is 0.271 e. The largest absolute Gasteiger partial charge is 0.384 e. The number of aromatic nitrogens is 1. The fourth-order valence-corrected chi connectivity index (χ4v) is 1.80. The molecule has 1 amide bonds. The number of ether oxygens (including phenoxy) is 1. The molecule has 0 radical (unpaired) electrons. The molecule has 0 saturated heterocycles. The Labute approximate surface area is 117 Å². The fourth-order valence-electron chi connectivity index (χ4n) is 1.61. The molecule has 5 nitrogen and oxygen atoms in total. The summed E-state index contributed by atoms with van der Waals surface area (Å²) >= 11 is 5.89. The monoisotopic (exact) mass is 283 g/mol. The molecule has 1 aliphatic rings. The first-order valence-corrected chi connectivity index (χ1v) is 6.82. The lowest BCUT2D eigenvalue weighted by Crippen LogP contribution is -2.26. The van der Waals surface area contributed by atoms with E-state index in [1.807, 2.05) is 0 Å². The lowest BCUT2D eigenvalue weighted by molar-refractivity contribution is 0.0933. The van der Waals surface area contributed by atoms with Crippen LogP contribution >= 0.6 is 11.6 Å². The first-order chi connectivity index (χ1) is 9.16. The maximum absolute atomic E-state index is 11.8. The molecular weight excluding hydrogens is 266 g/mol. The smallest absolute Gasteiger partial charge is 0.271 e. The molecule has 0 aromatic carbocycles. The number of rotatable bonds is 7. The maximum atomic E-state index is 11.8. The molecule has 0 spiro atoms. The molecule has 1 fully saturated rings. The summed E-state index contributed by atoms with van der Waals surface area (Å²) in [7, 11) is 0. The van der Waals surface area contributed by atoms with Crippen molar-refractivity contribution in [3.63, 3.8) is 0 Å². The number of amides is 1. The zero-order valence-corrected chi connectivity index (χ0v) is 11.4. The molecule has 0 aliphatic heterocycles. The predicted octanol–water partition coefficient (Wildman–Crippen LogP) is 1.86. The van der Waals surface area contributed by atoms with Gasteiger partial charge in [-0.25, -0.2) is 4.98 Å². The molecule has 1 saturated carbocycles. The number of anilines is 1. The van der Waals surface area contributed by atoms with Gasteiger partial charge >= 0.3 is 0 Å². The highest BCUT2D eigenvalue weighted by Gasteiger charge is 2.20. The van der Waals surface area contributed by atoms with Crippen molar-refractivity contribution in [2.75, 3.05) is 25.5 Å². The summed E-state index contributed by atoms with van der Waals surface area (Å²) < 4.78 is 5.47. The van der Waals surface area contributed by atoms with Crippen molar-refractivity contribution in [2.45, 2.75) is 19.3 Å². The van der Waals surface area contributed by atoms with Crippen LogP contribution in [0.1, 0.15) is 29.8 Å². The fraction of sp³-hybridized carbons (Fsp3) is 0.538. The Kier molecular flexibility index (Phi) is 4.99. The van der Waals surface area contributed by atoms with Gasteiger partial charge < -0.3 is 15.8 Å². The van der Waals surface area contributed by atoms with Crippen LogP contribution in [0.2, 0.25) is 5.02 Å². The molecule has 1 aliphatic carbocycles. The number of carbonyl (C=O) groups excluding carboxylic acids is 1. The van der Waals surface area contributed by atoms with Crippen LogP contribution in [-0.4, -0.2) is 30.6 Å². The molecule has 0 unspecified atom stereocenters. The average Bonchev–Trinajstić information content (AvgIpc) is 3.20. The van der Waals surface area contributed by atoms with Gasteiger partial charge in [0.05, 0.1) is 5.02 Å². The van der Waals surface area contributed by atoms with Gasteiger partial charge in [0.2, 0.25) is 0 Å². The Morgan fingerprint density at radius 3 is 3.05 bits per heavy atom. The van der Waals surface area contributed by atoms with Gasteiger partial charge in [0.1, 0.15) is 11.5 Å². The van der Waals surface area contributed by atoms with Gasteiger partial charge in [-0.2, -0.15) is 0 Å². The van der Waals surface area contributed by atoms with Gasteiger partial charge in [-0.15, -0.1) is 0 Å². The van der Waals surface area contributed by atoms with E-state index in [-0.39, 0.29) is 17.4 Å². The zero-order chi connectivity index (χ0) is 13.7. The predicted molar refractivity (Wildman–Crippen MR) is 74.2 cm³/mol. The summed E-state index contributed by atoms with van der Waals surface area (Å²) in [5, 5.41) is 3.05. The van der Waals surface area contributed by atoms with Crippen LogP contribution in [0.3, 0.4) is 0 Å². The van der Waals surface area contributed by atoms with E-state index in [9.17, 15) is 4.79 Å². The van der Waals surface area contributed by atoms with Crippen LogP contribution in [-0.2, 0) is 4.74 Å². The van der Waals surface area contributed by atoms with E-state index < -0.39 is 0 Å². The van der Waals surface area contributed by atoms with E-state index in [1.165, 1.54) is 12.8 Å². The van der Waals surface area contributed by atoms with Gasteiger partial charge in [-0.3, -0.25) is 4.79 Å². The molecule has 3 N–H and O–H groups in total. The lowest BCUT2D eigenvalue weighted by atomic mass is 10.3. The van der Waals surface area contributed by atoms with Crippen LogP contribution < -0.4 is 11.1 Å². The molecule has 104 valence electrons. The highest BCUT2D eigenvalue weighted by Crippen LogP contribution is 2.28. The van der Waals surface area contributed by atoms with Crippen molar-refractivity contribution in [3.8, 4) is 0 Å². The van der Waals surface area contributed by atoms with Crippen LogP contribution in [0.25, 0.3) is 0 Å². The van der Waals surface area contributed by atoms with Crippen molar-refractivity contribution in [1.29, 1.82) is 0 Å². The highest BCUT2D eigenvalue weighted by molar-refractivity contribution is 6.33. The molecule has 19 heavy (non-hydrogen) atoms. The summed E-state index contributed by atoms with van der Waals surface area (Å²) in [6.45, 7) is 2.04. The van der Waals surface area contributed by atoms with Crippen molar-refractivity contribution >= 4 is 23.3 Å². The number of pyridine rings is 1. The number of nitrogens with two attached hydrogens (primary N) is 1. The number of nitrogens with zero attached hydrogens (tertiary/aromatic N) is 1. The first-order valence-electron chi connectivity index (χ1n) is 6.45. The van der Waals surface area contributed by atoms with Gasteiger partial charge in [-0.05, 0) is 37.3 Å². The normalized spacial score (nSPS) is 14.4. The zero-order valence-electron chi connectivity index (χ0n) is 10.7. The Morgan fingerprint density at radius 2 is 2.32 bits per heavy atom. The minimum absolute atomic E-state index is 0.167. The molecule has 6 heteroatoms. The highest BCUT2D eigenvalue weighted by atomic mass is 35.5. The number of hydrogen-bond acceptors (Lipinski definition) is 4. The van der Waals surface area contributed by atoms with Crippen LogP contribution in [0, 0.1) is 5.92 Å². The third-order valence-electron chi connectivity index (χ3n) is 2.88. The Bertz CT molecular complexity index is 450. The molecule has 0 bridgehead atoms. The van der Waals surface area contributed by atoms with E-state index in [4.69, 9.17) is 22.1 Å². The molecule has 1 aromatic heterocycles.